The number of halogens is 1. The number of aliphatic imine (C=N–C) groups is 1. The second-order valence-electron chi connectivity index (χ2n) is 11.9. The van der Waals surface area contributed by atoms with Crippen LogP contribution in [0.3, 0.4) is 0 Å². The lowest BCUT2D eigenvalue weighted by Gasteiger charge is -2.30. The Labute approximate surface area is 283 Å². The summed E-state index contributed by atoms with van der Waals surface area (Å²) in [5.74, 6) is -1.28. The van der Waals surface area contributed by atoms with E-state index in [1.807, 2.05) is 24.3 Å². The number of aromatic carboxylic acids is 1. The van der Waals surface area contributed by atoms with E-state index in [2.05, 4.69) is 17.2 Å². The van der Waals surface area contributed by atoms with Gasteiger partial charge in [0.25, 0.3) is 0 Å². The summed E-state index contributed by atoms with van der Waals surface area (Å²) in [5.41, 5.74) is 2.94. The molecule has 0 bridgehead atoms. The molecule has 2 atom stereocenters. The normalized spacial score (nSPS) is 15.4. The Hall–Kier alpha value is -4.37. The summed E-state index contributed by atoms with van der Waals surface area (Å²) < 4.78 is 25.6. The molecule has 3 aromatic carbocycles. The maximum absolute atomic E-state index is 13.3. The number of carbonyl (C=O) groups is 2. The SMILES string of the molecule is CCCCCCCN(CCOC1CCCC(OCc2cccc(C)c2C(=O)O)C1)C(=O)Nc1ccc(F)cc1.O=C=Nc1ccccc1. The molecule has 1 aliphatic rings. The molecule has 9 nitrogen and oxygen atoms in total. The summed E-state index contributed by atoms with van der Waals surface area (Å²) in [7, 11) is 0. The van der Waals surface area contributed by atoms with Crippen LogP contribution >= 0.6 is 0 Å². The molecule has 0 aliphatic heterocycles. The second kappa shape index (κ2) is 21.5. The zero-order valence-corrected chi connectivity index (χ0v) is 28.0. The number of unbranched alkanes of at least 4 members (excludes halogenated alkanes) is 4. The van der Waals surface area contributed by atoms with E-state index in [1.165, 1.54) is 31.1 Å². The Morgan fingerprint density at radius 2 is 1.65 bits per heavy atom. The molecule has 0 heterocycles. The average molecular weight is 662 g/mol. The van der Waals surface area contributed by atoms with Crippen LogP contribution in [0.4, 0.5) is 20.6 Å². The van der Waals surface area contributed by atoms with Gasteiger partial charge in [-0.1, -0.05) is 69.0 Å². The van der Waals surface area contributed by atoms with Crippen LogP contribution in [-0.4, -0.2) is 60.0 Å². The number of anilines is 1. The lowest BCUT2D eigenvalue weighted by molar-refractivity contribution is -0.0523. The minimum Gasteiger partial charge on any atom is -0.478 e. The maximum atomic E-state index is 13.3. The van der Waals surface area contributed by atoms with Crippen molar-refractivity contribution in [3.05, 3.63) is 95.3 Å². The lowest BCUT2D eigenvalue weighted by Crippen LogP contribution is -2.39. The largest absolute Gasteiger partial charge is 0.478 e. The molecule has 1 aliphatic carbocycles. The molecule has 2 N–H and O–H groups in total. The topological polar surface area (TPSA) is 118 Å². The first-order valence-electron chi connectivity index (χ1n) is 16.8. The Morgan fingerprint density at radius 1 is 0.938 bits per heavy atom. The average Bonchev–Trinajstić information content (AvgIpc) is 3.08. The van der Waals surface area contributed by atoms with Crippen molar-refractivity contribution in [2.75, 3.05) is 25.0 Å². The molecule has 4 rings (SSSR count). The number of carboxylic acid groups (broad SMARTS) is 1. The van der Waals surface area contributed by atoms with E-state index in [4.69, 9.17) is 9.47 Å². The number of ether oxygens (including phenoxy) is 2. The Morgan fingerprint density at radius 3 is 2.33 bits per heavy atom. The summed E-state index contributed by atoms with van der Waals surface area (Å²) in [4.78, 5) is 39.5. The zero-order valence-electron chi connectivity index (χ0n) is 28.0. The molecule has 0 radical (unpaired) electrons. The third-order valence-corrected chi connectivity index (χ3v) is 8.19. The van der Waals surface area contributed by atoms with Gasteiger partial charge in [-0.3, -0.25) is 0 Å². The van der Waals surface area contributed by atoms with Crippen molar-refractivity contribution in [2.24, 2.45) is 4.99 Å². The van der Waals surface area contributed by atoms with Crippen molar-refractivity contribution in [1.29, 1.82) is 0 Å². The fraction of sp³-hybridized carbons (Fsp3) is 0.447. The number of aryl methyl sites for hydroxylation is 1. The quantitative estimate of drug-likeness (QED) is 0.0900. The summed E-state index contributed by atoms with van der Waals surface area (Å²) >= 11 is 0. The van der Waals surface area contributed by atoms with Gasteiger partial charge in [0, 0.05) is 18.8 Å². The molecule has 2 amide bonds. The number of rotatable bonds is 16. The van der Waals surface area contributed by atoms with Gasteiger partial charge in [-0.2, -0.15) is 4.99 Å². The molecule has 3 aromatic rings. The monoisotopic (exact) mass is 661 g/mol. The van der Waals surface area contributed by atoms with E-state index < -0.39 is 5.97 Å². The van der Waals surface area contributed by atoms with Crippen molar-refractivity contribution >= 4 is 29.5 Å². The number of urea groups is 1. The van der Waals surface area contributed by atoms with Gasteiger partial charge in [-0.25, -0.2) is 18.8 Å². The molecule has 2 unspecified atom stereocenters. The van der Waals surface area contributed by atoms with Gasteiger partial charge in [0.15, 0.2) is 0 Å². The van der Waals surface area contributed by atoms with Crippen LogP contribution in [0.1, 0.15) is 86.2 Å². The third kappa shape index (κ3) is 13.8. The van der Waals surface area contributed by atoms with E-state index >= 15 is 0 Å². The van der Waals surface area contributed by atoms with Crippen LogP contribution in [0.2, 0.25) is 0 Å². The highest BCUT2D eigenvalue weighted by Gasteiger charge is 2.24. The molecule has 48 heavy (non-hydrogen) atoms. The van der Waals surface area contributed by atoms with Crippen molar-refractivity contribution in [1.82, 2.24) is 4.90 Å². The molecule has 0 aromatic heterocycles. The number of hydrogen-bond acceptors (Lipinski definition) is 6. The highest BCUT2D eigenvalue weighted by molar-refractivity contribution is 5.91. The first kappa shape index (κ1) is 38.1. The standard InChI is InChI=1S/C31H43FN2O5.C7H5NO/c1-3-4-5-6-7-18-34(31(37)33-26-16-14-25(32)15-17-26)19-20-38-27-12-9-13-28(21-27)39-22-24-11-8-10-23(2)29(24)30(35)36;9-6-8-7-4-2-1-3-5-7/h8,10-11,14-17,27-28H,3-7,9,12-13,18-22H2,1-2H3,(H,33,37)(H,35,36);1-5H. The number of isocyanates is 1. The van der Waals surface area contributed by atoms with Crippen molar-refractivity contribution in [3.63, 3.8) is 0 Å². The van der Waals surface area contributed by atoms with Crippen LogP contribution in [0.15, 0.2) is 77.8 Å². The van der Waals surface area contributed by atoms with Gasteiger partial charge in [-0.05, 0) is 86.6 Å². The van der Waals surface area contributed by atoms with Crippen LogP contribution in [0, 0.1) is 12.7 Å². The Kier molecular flexibility index (Phi) is 17.1. The molecule has 0 spiro atoms. The molecular formula is C38H48FN3O6. The number of amides is 2. The van der Waals surface area contributed by atoms with E-state index in [-0.39, 0.29) is 30.7 Å². The summed E-state index contributed by atoms with van der Waals surface area (Å²) in [6, 6.07) is 20.0. The van der Waals surface area contributed by atoms with Crippen molar-refractivity contribution in [3.8, 4) is 0 Å². The van der Waals surface area contributed by atoms with Gasteiger partial charge < -0.3 is 24.8 Å². The van der Waals surface area contributed by atoms with Gasteiger partial charge in [0.2, 0.25) is 6.08 Å². The highest BCUT2D eigenvalue weighted by atomic mass is 19.1. The first-order chi connectivity index (χ1) is 23.3. The molecular weight excluding hydrogens is 613 g/mol. The minimum absolute atomic E-state index is 0.00218. The van der Waals surface area contributed by atoms with Crippen LogP contribution in [0.25, 0.3) is 0 Å². The van der Waals surface area contributed by atoms with Crippen LogP contribution in [-0.2, 0) is 20.9 Å². The number of para-hydroxylation sites is 1. The van der Waals surface area contributed by atoms with E-state index in [9.17, 15) is 23.9 Å². The summed E-state index contributed by atoms with van der Waals surface area (Å²) in [6.45, 7) is 5.76. The number of carbonyl (C=O) groups excluding carboxylic acids is 2. The smallest absolute Gasteiger partial charge is 0.336 e. The molecule has 1 saturated carbocycles. The number of carboxylic acids is 1. The Bertz CT molecular complexity index is 1450. The molecule has 258 valence electrons. The predicted molar refractivity (Wildman–Crippen MR) is 185 cm³/mol. The number of hydrogen-bond donors (Lipinski definition) is 2. The Balaban J connectivity index is 0.000000598. The summed E-state index contributed by atoms with van der Waals surface area (Å²) in [5, 5.41) is 12.4. The third-order valence-electron chi connectivity index (χ3n) is 8.19. The second-order valence-corrected chi connectivity index (χ2v) is 11.9. The van der Waals surface area contributed by atoms with Gasteiger partial charge in [-0.15, -0.1) is 0 Å². The van der Waals surface area contributed by atoms with Gasteiger partial charge in [0.1, 0.15) is 5.82 Å². The minimum atomic E-state index is -0.935. The van der Waals surface area contributed by atoms with E-state index in [0.29, 0.717) is 42.2 Å². The van der Waals surface area contributed by atoms with Gasteiger partial charge in [0.05, 0.1) is 36.7 Å². The number of nitrogens with one attached hydrogen (secondary N) is 1. The molecule has 1 fully saturated rings. The molecule has 10 heteroatoms. The maximum Gasteiger partial charge on any atom is 0.336 e. The predicted octanol–water partition coefficient (Wildman–Crippen LogP) is 8.84. The highest BCUT2D eigenvalue weighted by Crippen LogP contribution is 2.26. The van der Waals surface area contributed by atoms with E-state index in [1.54, 1.807) is 48.2 Å². The van der Waals surface area contributed by atoms with E-state index in [0.717, 1.165) is 50.5 Å². The van der Waals surface area contributed by atoms with Crippen molar-refractivity contribution in [2.45, 2.75) is 90.4 Å². The number of benzene rings is 3. The first-order valence-corrected chi connectivity index (χ1v) is 16.8. The zero-order chi connectivity index (χ0) is 34.6. The lowest BCUT2D eigenvalue weighted by atomic mass is 9.94. The number of nitrogens with zero attached hydrogens (tertiary/aromatic N) is 2. The fourth-order valence-corrected chi connectivity index (χ4v) is 5.61. The fourth-order valence-electron chi connectivity index (χ4n) is 5.61. The molecule has 0 saturated heterocycles. The van der Waals surface area contributed by atoms with Crippen LogP contribution < -0.4 is 5.32 Å². The summed E-state index contributed by atoms with van der Waals surface area (Å²) in [6.07, 6.45) is 10.6. The van der Waals surface area contributed by atoms with Gasteiger partial charge >= 0.3 is 12.0 Å². The van der Waals surface area contributed by atoms with Crippen molar-refractivity contribution < 1.29 is 33.4 Å². The van der Waals surface area contributed by atoms with Crippen LogP contribution in [0.5, 0.6) is 0 Å².